The van der Waals surface area contributed by atoms with E-state index >= 15 is 0 Å². The lowest BCUT2D eigenvalue weighted by molar-refractivity contribution is -0.135. The number of carbonyl (C=O) groups excluding carboxylic acids is 2. The Morgan fingerprint density at radius 1 is 1.25 bits per heavy atom. The van der Waals surface area contributed by atoms with E-state index in [1.165, 1.54) is 12.1 Å². The fourth-order valence-electron chi connectivity index (χ4n) is 3.91. The van der Waals surface area contributed by atoms with Gasteiger partial charge >= 0.3 is 0 Å². The van der Waals surface area contributed by atoms with E-state index in [4.69, 9.17) is 11.6 Å². The molecule has 1 aromatic rings. The summed E-state index contributed by atoms with van der Waals surface area (Å²) in [6, 6.07) is 4.36. The molecule has 2 atom stereocenters. The molecule has 2 heterocycles. The number of thioether (sulfide) groups is 1. The summed E-state index contributed by atoms with van der Waals surface area (Å²) in [7, 11) is 1.98. The van der Waals surface area contributed by atoms with Crippen LogP contribution in [0.1, 0.15) is 18.4 Å². The number of nitrogens with zero attached hydrogens (tertiary/aromatic N) is 2. The van der Waals surface area contributed by atoms with Gasteiger partial charge in [-0.15, -0.1) is 0 Å². The van der Waals surface area contributed by atoms with Gasteiger partial charge in [0.25, 0.3) is 0 Å². The summed E-state index contributed by atoms with van der Waals surface area (Å²) < 4.78 is 13.9. The third-order valence-corrected chi connectivity index (χ3v) is 6.66. The zero-order valence-electron chi connectivity index (χ0n) is 16.1. The lowest BCUT2D eigenvalue weighted by Crippen LogP contribution is -2.44. The first kappa shape index (κ1) is 21.4. The molecule has 0 aliphatic carbocycles. The second-order valence-electron chi connectivity index (χ2n) is 7.57. The molecule has 8 heteroatoms. The molecule has 0 radical (unpaired) electrons. The molecule has 3 rings (SSSR count). The molecule has 2 saturated heterocycles. The molecule has 2 fully saturated rings. The zero-order valence-corrected chi connectivity index (χ0v) is 17.7. The summed E-state index contributed by atoms with van der Waals surface area (Å²) in [4.78, 5) is 29.4. The van der Waals surface area contributed by atoms with Gasteiger partial charge in [-0.3, -0.25) is 9.59 Å². The van der Waals surface area contributed by atoms with Crippen LogP contribution in [0.3, 0.4) is 0 Å². The average molecular weight is 428 g/mol. The quantitative estimate of drug-likeness (QED) is 0.801. The van der Waals surface area contributed by atoms with Crippen LogP contribution in [0, 0.1) is 11.7 Å². The summed E-state index contributed by atoms with van der Waals surface area (Å²) in [5.41, 5.74) is 0.222. The van der Waals surface area contributed by atoms with Gasteiger partial charge in [-0.25, -0.2) is 4.39 Å². The lowest BCUT2D eigenvalue weighted by Gasteiger charge is -2.30. The van der Waals surface area contributed by atoms with E-state index < -0.39 is 5.82 Å². The number of halogens is 2. The van der Waals surface area contributed by atoms with Crippen LogP contribution in [-0.4, -0.2) is 72.4 Å². The molecule has 2 aliphatic rings. The fraction of sp³-hybridized carbons (Fsp3) is 0.600. The highest BCUT2D eigenvalue weighted by molar-refractivity contribution is 7.99. The van der Waals surface area contributed by atoms with E-state index in [0.717, 1.165) is 37.4 Å². The van der Waals surface area contributed by atoms with E-state index in [-0.39, 0.29) is 40.8 Å². The van der Waals surface area contributed by atoms with E-state index in [1.54, 1.807) is 6.07 Å². The molecule has 0 bridgehead atoms. The van der Waals surface area contributed by atoms with Crippen LogP contribution < -0.4 is 5.32 Å². The van der Waals surface area contributed by atoms with Crippen molar-refractivity contribution in [2.75, 3.05) is 44.7 Å². The van der Waals surface area contributed by atoms with Gasteiger partial charge in [-0.1, -0.05) is 17.7 Å². The molecule has 1 N–H and O–H groups in total. The van der Waals surface area contributed by atoms with Gasteiger partial charge in [0.15, 0.2) is 0 Å². The minimum absolute atomic E-state index is 0.0315. The second-order valence-corrected chi connectivity index (χ2v) is 9.21. The molecule has 0 spiro atoms. The average Bonchev–Trinajstić information content (AvgIpc) is 2.86. The van der Waals surface area contributed by atoms with Gasteiger partial charge in [0.05, 0.1) is 12.3 Å². The lowest BCUT2D eigenvalue weighted by atomic mass is 10.00. The first-order valence-corrected chi connectivity index (χ1v) is 11.2. The number of hydrogen-bond acceptors (Lipinski definition) is 4. The molecule has 28 heavy (non-hydrogen) atoms. The monoisotopic (exact) mass is 427 g/mol. The molecule has 0 aromatic heterocycles. The molecule has 0 unspecified atom stereocenters. The molecule has 2 aliphatic heterocycles. The number of benzene rings is 1. The summed E-state index contributed by atoms with van der Waals surface area (Å²) in [6.07, 6.45) is 1.40. The SMILES string of the molecule is CN1C[C@@H](NC(=O)Cc2c(F)cccc2Cl)CC[C@@H](C(=O)N2CCSCC2)C1. The molecule has 154 valence electrons. The first-order valence-electron chi connectivity index (χ1n) is 9.71. The Kier molecular flexibility index (Phi) is 7.60. The topological polar surface area (TPSA) is 52.7 Å². The molecular weight excluding hydrogens is 401 g/mol. The molecule has 1 aromatic carbocycles. The van der Waals surface area contributed by atoms with Gasteiger partial charge in [-0.2, -0.15) is 11.8 Å². The van der Waals surface area contributed by atoms with E-state index in [2.05, 4.69) is 10.2 Å². The Hall–Kier alpha value is -1.31. The Morgan fingerprint density at radius 3 is 2.71 bits per heavy atom. The maximum Gasteiger partial charge on any atom is 0.227 e. The summed E-state index contributed by atoms with van der Waals surface area (Å²) >= 11 is 7.91. The van der Waals surface area contributed by atoms with Gasteiger partial charge < -0.3 is 15.1 Å². The minimum atomic E-state index is -0.467. The summed E-state index contributed by atoms with van der Waals surface area (Å²) in [6.45, 7) is 3.03. The van der Waals surface area contributed by atoms with Crippen molar-refractivity contribution in [2.24, 2.45) is 5.92 Å². The smallest absolute Gasteiger partial charge is 0.227 e. The van der Waals surface area contributed by atoms with E-state index in [1.807, 2.05) is 23.7 Å². The largest absolute Gasteiger partial charge is 0.352 e. The van der Waals surface area contributed by atoms with E-state index in [9.17, 15) is 14.0 Å². The van der Waals surface area contributed by atoms with Crippen LogP contribution in [-0.2, 0) is 16.0 Å². The van der Waals surface area contributed by atoms with Gasteiger partial charge in [0.1, 0.15) is 5.82 Å². The number of carbonyl (C=O) groups is 2. The highest BCUT2D eigenvalue weighted by atomic mass is 35.5. The minimum Gasteiger partial charge on any atom is -0.352 e. The molecule has 2 amide bonds. The van der Waals surface area contributed by atoms with Crippen LogP contribution in [0.2, 0.25) is 5.02 Å². The third kappa shape index (κ3) is 5.61. The Balaban J connectivity index is 1.55. The number of likely N-dealkylation sites (N-methyl/N-ethyl adjacent to an activating group) is 1. The van der Waals surface area contributed by atoms with Crippen molar-refractivity contribution in [2.45, 2.75) is 25.3 Å². The maximum absolute atomic E-state index is 13.9. The van der Waals surface area contributed by atoms with Crippen molar-refractivity contribution in [1.29, 1.82) is 0 Å². The zero-order chi connectivity index (χ0) is 20.1. The van der Waals surface area contributed by atoms with Crippen molar-refractivity contribution in [3.63, 3.8) is 0 Å². The Bertz CT molecular complexity index is 694. The van der Waals surface area contributed by atoms with Crippen LogP contribution in [0.5, 0.6) is 0 Å². The Morgan fingerprint density at radius 2 is 2.00 bits per heavy atom. The van der Waals surface area contributed by atoms with Gasteiger partial charge in [-0.05, 0) is 32.0 Å². The highest BCUT2D eigenvalue weighted by Gasteiger charge is 2.31. The van der Waals surface area contributed by atoms with Crippen molar-refractivity contribution in [3.8, 4) is 0 Å². The Labute approximate surface area is 175 Å². The van der Waals surface area contributed by atoms with Gasteiger partial charge in [0.2, 0.25) is 11.8 Å². The van der Waals surface area contributed by atoms with Crippen LogP contribution >= 0.6 is 23.4 Å². The van der Waals surface area contributed by atoms with Crippen molar-refractivity contribution >= 4 is 35.2 Å². The number of rotatable bonds is 4. The van der Waals surface area contributed by atoms with Crippen molar-refractivity contribution in [1.82, 2.24) is 15.1 Å². The summed E-state index contributed by atoms with van der Waals surface area (Å²) in [5, 5.41) is 3.26. The van der Waals surface area contributed by atoms with Crippen LogP contribution in [0.4, 0.5) is 4.39 Å². The fourth-order valence-corrected chi connectivity index (χ4v) is 5.05. The molecular formula is C20H27ClFN3O2S. The van der Waals surface area contributed by atoms with Gasteiger partial charge in [0, 0.05) is 54.3 Å². The number of amides is 2. The normalized spacial score (nSPS) is 23.9. The summed E-state index contributed by atoms with van der Waals surface area (Å²) in [5.74, 6) is 1.50. The molecule has 5 nitrogen and oxygen atoms in total. The number of hydrogen-bond donors (Lipinski definition) is 1. The standard InChI is InChI=1S/C20H27ClFN3O2S/c1-24-12-14(20(27)25-7-9-28-10-8-25)5-6-15(13-24)23-19(26)11-16-17(21)3-2-4-18(16)22/h2-4,14-15H,5-13H2,1H3,(H,23,26)/t14-,15+/m1/s1. The van der Waals surface area contributed by atoms with Crippen molar-refractivity contribution in [3.05, 3.63) is 34.6 Å². The van der Waals surface area contributed by atoms with Crippen LogP contribution in [0.25, 0.3) is 0 Å². The second kappa shape index (κ2) is 9.94. The predicted octanol–water partition coefficient (Wildman–Crippen LogP) is 2.42. The predicted molar refractivity (Wildman–Crippen MR) is 111 cm³/mol. The molecule has 0 saturated carbocycles. The third-order valence-electron chi connectivity index (χ3n) is 5.36. The van der Waals surface area contributed by atoms with Crippen LogP contribution in [0.15, 0.2) is 18.2 Å². The van der Waals surface area contributed by atoms with E-state index in [0.29, 0.717) is 13.1 Å². The number of nitrogens with one attached hydrogen (secondary N) is 1. The van der Waals surface area contributed by atoms with Crippen molar-refractivity contribution < 1.29 is 14.0 Å². The highest BCUT2D eigenvalue weighted by Crippen LogP contribution is 2.22. The number of likely N-dealkylation sites (tertiary alicyclic amines) is 1. The maximum atomic E-state index is 13.9. The first-order chi connectivity index (χ1) is 13.4.